The van der Waals surface area contributed by atoms with Gasteiger partial charge in [0.05, 0.1) is 24.3 Å². The highest BCUT2D eigenvalue weighted by Gasteiger charge is 2.50. The van der Waals surface area contributed by atoms with Gasteiger partial charge in [-0.25, -0.2) is 0 Å². The van der Waals surface area contributed by atoms with Crippen LogP contribution in [0.25, 0.3) is 11.1 Å². The van der Waals surface area contributed by atoms with Gasteiger partial charge in [-0.3, -0.25) is 9.59 Å². The predicted octanol–water partition coefficient (Wildman–Crippen LogP) is -1.78. The molecule has 17 heteroatoms. The molecule has 2 aromatic rings. The number of rotatable bonds is 15. The maximum absolute atomic E-state index is 13.0. The molecular weight excluding hydrogens is 716 g/mol. The lowest BCUT2D eigenvalue weighted by atomic mass is 9.84. The lowest BCUT2D eigenvalue weighted by Crippen LogP contribution is -2.68. The van der Waals surface area contributed by atoms with Crippen LogP contribution in [0.4, 0.5) is 0 Å². The fourth-order valence-corrected chi connectivity index (χ4v) is 7.32. The molecule has 0 bridgehead atoms. The second kappa shape index (κ2) is 19.8. The number of aliphatic hydroxyl groups is 4. The van der Waals surface area contributed by atoms with Crippen LogP contribution in [0.1, 0.15) is 54.4 Å². The van der Waals surface area contributed by atoms with Crippen molar-refractivity contribution >= 4 is 11.9 Å². The van der Waals surface area contributed by atoms with Crippen molar-refractivity contribution < 1.29 is 53.7 Å². The minimum absolute atomic E-state index is 0.0240. The number of benzene rings is 2. The molecule has 3 fully saturated rings. The summed E-state index contributed by atoms with van der Waals surface area (Å²) in [5.41, 5.74) is 34.1. The van der Waals surface area contributed by atoms with Crippen molar-refractivity contribution in [2.45, 2.75) is 131 Å². The average molecular weight is 775 g/mol. The molecule has 55 heavy (non-hydrogen) atoms. The van der Waals surface area contributed by atoms with Gasteiger partial charge in [-0.05, 0) is 55.4 Å². The summed E-state index contributed by atoms with van der Waals surface area (Å²) in [6, 6.07) is 11.8. The Labute approximate surface area is 320 Å². The fourth-order valence-electron chi connectivity index (χ4n) is 7.32. The summed E-state index contributed by atoms with van der Waals surface area (Å²) in [5.74, 6) is -0.705. The number of unbranched alkanes of at least 4 members (excludes halogenated alkanes) is 2. The lowest BCUT2D eigenvalue weighted by Gasteiger charge is -2.47. The summed E-state index contributed by atoms with van der Waals surface area (Å²) in [6.45, 7) is 2.08. The summed E-state index contributed by atoms with van der Waals surface area (Å²) in [5, 5.41) is 46.0. The fraction of sp³-hybridized carbons (Fsp3) is 0.632. The monoisotopic (exact) mass is 774 g/mol. The van der Waals surface area contributed by atoms with Crippen molar-refractivity contribution in [3.8, 4) is 11.1 Å². The van der Waals surface area contributed by atoms with Gasteiger partial charge < -0.3 is 78.1 Å². The van der Waals surface area contributed by atoms with Crippen molar-refractivity contribution in [3.05, 3.63) is 59.7 Å². The Morgan fingerprint density at radius 2 is 1.40 bits per heavy atom. The standard InChI is InChI=1S/C38H58N6O11/c1-19-9-4-5-10-20(19)21-11-6-7-12-22(21)36(50)44-14-8-2-3-13-29(46)51-18-28-31(47)30(43)32(48)38(53-28)55-35-24(41)15-23(40)34(33(35)49)54-37-25(42)16-26(45)27(17-39)52-37/h4-7,9-12,23-28,30-35,37-38,45,47-49H,2-3,8,13-18,39-43H2,1H3,(H,44,50). The van der Waals surface area contributed by atoms with Crippen LogP contribution in [0.15, 0.2) is 48.5 Å². The Morgan fingerprint density at radius 1 is 0.764 bits per heavy atom. The Morgan fingerprint density at radius 3 is 2.09 bits per heavy atom. The van der Waals surface area contributed by atoms with E-state index in [0.29, 0.717) is 31.4 Å². The van der Waals surface area contributed by atoms with E-state index < -0.39 is 91.5 Å². The number of esters is 1. The van der Waals surface area contributed by atoms with Gasteiger partial charge >= 0.3 is 5.97 Å². The molecule has 14 unspecified atom stereocenters. The molecule has 0 spiro atoms. The third kappa shape index (κ3) is 10.6. The zero-order chi connectivity index (χ0) is 39.8. The zero-order valence-corrected chi connectivity index (χ0v) is 31.1. The smallest absolute Gasteiger partial charge is 0.305 e. The zero-order valence-electron chi connectivity index (χ0n) is 31.1. The first-order valence-corrected chi connectivity index (χ1v) is 19.0. The van der Waals surface area contributed by atoms with Crippen LogP contribution in [0.2, 0.25) is 0 Å². The number of amides is 1. The highest BCUT2D eigenvalue weighted by atomic mass is 16.7. The van der Waals surface area contributed by atoms with E-state index >= 15 is 0 Å². The number of nitrogens with one attached hydrogen (secondary N) is 1. The van der Waals surface area contributed by atoms with Crippen LogP contribution < -0.4 is 34.0 Å². The van der Waals surface area contributed by atoms with Crippen LogP contribution in [0.3, 0.4) is 0 Å². The van der Waals surface area contributed by atoms with E-state index in [0.717, 1.165) is 16.7 Å². The van der Waals surface area contributed by atoms with Crippen molar-refractivity contribution in [3.63, 3.8) is 0 Å². The van der Waals surface area contributed by atoms with E-state index in [9.17, 15) is 30.0 Å². The molecule has 2 aromatic carbocycles. The highest BCUT2D eigenvalue weighted by Crippen LogP contribution is 2.31. The molecule has 0 radical (unpaired) electrons. The molecule has 15 N–H and O–H groups in total. The number of nitrogens with two attached hydrogens (primary N) is 5. The van der Waals surface area contributed by atoms with Crippen LogP contribution in [-0.2, 0) is 28.5 Å². The number of hydrogen-bond donors (Lipinski definition) is 10. The third-order valence-electron chi connectivity index (χ3n) is 10.6. The van der Waals surface area contributed by atoms with Crippen molar-refractivity contribution in [2.75, 3.05) is 19.7 Å². The third-order valence-corrected chi connectivity index (χ3v) is 10.6. The van der Waals surface area contributed by atoms with Gasteiger partial charge in [-0.2, -0.15) is 0 Å². The largest absolute Gasteiger partial charge is 0.463 e. The average Bonchev–Trinajstić information content (AvgIpc) is 3.16. The molecule has 17 nitrogen and oxygen atoms in total. The molecule has 2 heterocycles. The SMILES string of the molecule is Cc1ccccc1-c1ccccc1C(=O)NCCCCCC(=O)OCC1OC(OC2C(N)CC(N)C(OC3OC(CN)C(O)CC3N)C2O)C(O)C(N)C1O. The van der Waals surface area contributed by atoms with Gasteiger partial charge in [0.2, 0.25) is 0 Å². The molecule has 1 aliphatic carbocycles. The van der Waals surface area contributed by atoms with Gasteiger partial charge in [0.1, 0.15) is 43.2 Å². The molecule has 5 rings (SSSR count). The van der Waals surface area contributed by atoms with Crippen molar-refractivity contribution in [2.24, 2.45) is 28.7 Å². The number of hydrogen-bond acceptors (Lipinski definition) is 16. The van der Waals surface area contributed by atoms with E-state index in [1.807, 2.05) is 49.4 Å². The van der Waals surface area contributed by atoms with E-state index in [1.54, 1.807) is 6.07 Å². The van der Waals surface area contributed by atoms with Gasteiger partial charge in [0.15, 0.2) is 12.6 Å². The molecular formula is C38H58N6O11. The quantitative estimate of drug-likeness (QED) is 0.0707. The van der Waals surface area contributed by atoms with E-state index in [-0.39, 0.29) is 38.3 Å². The predicted molar refractivity (Wildman–Crippen MR) is 200 cm³/mol. The second-order valence-corrected chi connectivity index (χ2v) is 14.7. The Bertz CT molecular complexity index is 1560. The molecule has 2 saturated heterocycles. The summed E-state index contributed by atoms with van der Waals surface area (Å²) in [6.07, 6.45) is -9.69. The second-order valence-electron chi connectivity index (χ2n) is 14.7. The van der Waals surface area contributed by atoms with Gasteiger partial charge in [-0.15, -0.1) is 0 Å². The van der Waals surface area contributed by atoms with E-state index in [4.69, 9.17) is 52.4 Å². The summed E-state index contributed by atoms with van der Waals surface area (Å²) < 4.78 is 28.9. The van der Waals surface area contributed by atoms with E-state index in [2.05, 4.69) is 5.32 Å². The Hall–Kier alpha value is -3.14. The molecule has 1 amide bonds. The van der Waals surface area contributed by atoms with Crippen LogP contribution >= 0.6 is 0 Å². The lowest BCUT2D eigenvalue weighted by molar-refractivity contribution is -0.315. The summed E-state index contributed by atoms with van der Waals surface area (Å²) in [7, 11) is 0. The minimum Gasteiger partial charge on any atom is -0.463 e. The van der Waals surface area contributed by atoms with Gasteiger partial charge in [0, 0.05) is 37.2 Å². The molecule has 3 aliphatic rings. The first kappa shape index (κ1) is 43.0. The summed E-state index contributed by atoms with van der Waals surface area (Å²) >= 11 is 0. The maximum Gasteiger partial charge on any atom is 0.305 e. The number of aryl methyl sites for hydroxylation is 1. The normalized spacial score (nSPS) is 35.2. The van der Waals surface area contributed by atoms with Gasteiger partial charge in [0.25, 0.3) is 5.91 Å². The van der Waals surface area contributed by atoms with E-state index in [1.165, 1.54) is 0 Å². The van der Waals surface area contributed by atoms with Crippen molar-refractivity contribution in [1.29, 1.82) is 0 Å². The first-order chi connectivity index (χ1) is 26.3. The number of carbonyl (C=O) groups excluding carboxylic acids is 2. The molecule has 2 aliphatic heterocycles. The first-order valence-electron chi connectivity index (χ1n) is 19.0. The molecule has 0 aromatic heterocycles. The Kier molecular flexibility index (Phi) is 15.5. The Balaban J connectivity index is 1.06. The van der Waals surface area contributed by atoms with Crippen LogP contribution in [0.5, 0.6) is 0 Å². The van der Waals surface area contributed by atoms with Gasteiger partial charge in [-0.1, -0.05) is 48.9 Å². The molecule has 1 saturated carbocycles. The molecule has 14 atom stereocenters. The number of ether oxygens (including phenoxy) is 5. The minimum atomic E-state index is -1.53. The van der Waals surface area contributed by atoms with Crippen LogP contribution in [-0.4, -0.2) is 138 Å². The van der Waals surface area contributed by atoms with Crippen LogP contribution in [0, 0.1) is 6.92 Å². The molecule has 306 valence electrons. The number of aliphatic hydroxyl groups excluding tert-OH is 4. The number of carbonyl (C=O) groups is 2. The highest BCUT2D eigenvalue weighted by molar-refractivity contribution is 6.01. The summed E-state index contributed by atoms with van der Waals surface area (Å²) in [4.78, 5) is 25.6. The topological polar surface area (TPSA) is 303 Å². The maximum atomic E-state index is 13.0. The van der Waals surface area contributed by atoms with Crippen molar-refractivity contribution in [1.82, 2.24) is 5.32 Å².